The Labute approximate surface area is 142 Å². The minimum absolute atomic E-state index is 0.0529. The molecule has 0 radical (unpaired) electrons. The predicted molar refractivity (Wildman–Crippen MR) is 88.3 cm³/mol. The van der Waals surface area contributed by atoms with Crippen molar-refractivity contribution in [3.8, 4) is 5.75 Å². The molecule has 24 heavy (non-hydrogen) atoms. The van der Waals surface area contributed by atoms with Gasteiger partial charge in [-0.1, -0.05) is 32.4 Å². The molecule has 0 atom stereocenters. The van der Waals surface area contributed by atoms with Gasteiger partial charge in [-0.05, 0) is 23.6 Å². The number of halogens is 3. The van der Waals surface area contributed by atoms with Crippen molar-refractivity contribution in [1.29, 1.82) is 0 Å². The standard InChI is InChI=1S/C17H16ClF2N3O/c1-17(2,3)10-6-11(18)12(19)7-14(10)24-8-13-9-4-5-15(20)21-16(9)23-22-13/h4-7H,8H2,1-3H3,(H,21,22,23). The summed E-state index contributed by atoms with van der Waals surface area (Å²) in [5.74, 6) is -0.737. The van der Waals surface area contributed by atoms with Crippen molar-refractivity contribution in [2.75, 3.05) is 0 Å². The Morgan fingerprint density at radius 1 is 1.21 bits per heavy atom. The number of nitrogens with one attached hydrogen (secondary N) is 1. The van der Waals surface area contributed by atoms with Gasteiger partial charge in [-0.25, -0.2) is 9.37 Å². The lowest BCUT2D eigenvalue weighted by atomic mass is 9.86. The molecule has 1 aromatic carbocycles. The van der Waals surface area contributed by atoms with E-state index in [1.165, 1.54) is 12.1 Å². The zero-order valence-corrected chi connectivity index (χ0v) is 14.2. The summed E-state index contributed by atoms with van der Waals surface area (Å²) in [5, 5.41) is 7.45. The first-order valence-electron chi connectivity index (χ1n) is 7.37. The van der Waals surface area contributed by atoms with E-state index in [0.717, 1.165) is 5.56 Å². The summed E-state index contributed by atoms with van der Waals surface area (Å²) in [7, 11) is 0. The maximum atomic E-state index is 13.8. The van der Waals surface area contributed by atoms with Crippen LogP contribution >= 0.6 is 11.6 Å². The van der Waals surface area contributed by atoms with Gasteiger partial charge in [0.1, 0.15) is 23.9 Å². The highest BCUT2D eigenvalue weighted by atomic mass is 35.5. The predicted octanol–water partition coefficient (Wildman–Crippen LogP) is 4.77. The van der Waals surface area contributed by atoms with Crippen LogP contribution in [0.15, 0.2) is 24.3 Å². The molecule has 0 fully saturated rings. The van der Waals surface area contributed by atoms with Crippen molar-refractivity contribution in [2.24, 2.45) is 0 Å². The van der Waals surface area contributed by atoms with Crippen molar-refractivity contribution in [2.45, 2.75) is 32.8 Å². The summed E-state index contributed by atoms with van der Waals surface area (Å²) in [4.78, 5) is 3.72. The lowest BCUT2D eigenvalue weighted by Gasteiger charge is -2.23. The number of fused-ring (bicyclic) bond motifs is 1. The SMILES string of the molecule is CC(C)(C)c1cc(Cl)c(F)cc1OCc1n[nH]c2nc(F)ccc12. The summed E-state index contributed by atoms with van der Waals surface area (Å²) in [5.41, 5.74) is 1.42. The Morgan fingerprint density at radius 3 is 2.67 bits per heavy atom. The summed E-state index contributed by atoms with van der Waals surface area (Å²) in [6, 6.07) is 5.68. The maximum Gasteiger partial charge on any atom is 0.214 e. The van der Waals surface area contributed by atoms with Gasteiger partial charge in [0.05, 0.1) is 5.02 Å². The average Bonchev–Trinajstić information content (AvgIpc) is 2.89. The van der Waals surface area contributed by atoms with Crippen molar-refractivity contribution < 1.29 is 13.5 Å². The van der Waals surface area contributed by atoms with E-state index in [0.29, 0.717) is 22.5 Å². The van der Waals surface area contributed by atoms with Gasteiger partial charge in [0.2, 0.25) is 5.95 Å². The normalized spacial score (nSPS) is 11.9. The molecule has 0 aliphatic rings. The van der Waals surface area contributed by atoms with Gasteiger partial charge in [0.25, 0.3) is 0 Å². The van der Waals surface area contributed by atoms with Crippen LogP contribution in [0.2, 0.25) is 5.02 Å². The van der Waals surface area contributed by atoms with Gasteiger partial charge >= 0.3 is 0 Å². The fourth-order valence-corrected chi connectivity index (χ4v) is 2.59. The molecule has 0 aliphatic carbocycles. The summed E-state index contributed by atoms with van der Waals surface area (Å²) in [6.45, 7) is 6.05. The van der Waals surface area contributed by atoms with E-state index in [1.54, 1.807) is 12.1 Å². The molecular formula is C17H16ClF2N3O. The Kier molecular flexibility index (Phi) is 4.17. The number of benzene rings is 1. The number of rotatable bonds is 3. The van der Waals surface area contributed by atoms with Crippen LogP contribution in [0.3, 0.4) is 0 Å². The van der Waals surface area contributed by atoms with Crippen LogP contribution in [-0.4, -0.2) is 15.2 Å². The summed E-state index contributed by atoms with van der Waals surface area (Å²) >= 11 is 5.89. The molecule has 0 bridgehead atoms. The number of pyridine rings is 1. The minimum atomic E-state index is -0.589. The molecule has 0 spiro atoms. The molecule has 0 saturated carbocycles. The average molecular weight is 352 g/mol. The van der Waals surface area contributed by atoms with Crippen molar-refractivity contribution in [1.82, 2.24) is 15.2 Å². The molecule has 0 aliphatic heterocycles. The first-order chi connectivity index (χ1) is 11.3. The van der Waals surface area contributed by atoms with Crippen LogP contribution in [0, 0.1) is 11.8 Å². The van der Waals surface area contributed by atoms with Gasteiger partial charge in [-0.3, -0.25) is 5.10 Å². The van der Waals surface area contributed by atoms with Crippen LogP contribution in [0.1, 0.15) is 32.0 Å². The highest BCUT2D eigenvalue weighted by Crippen LogP contribution is 2.35. The zero-order chi connectivity index (χ0) is 17.5. The minimum Gasteiger partial charge on any atom is -0.487 e. The number of aromatic amines is 1. The fraction of sp³-hybridized carbons (Fsp3) is 0.294. The molecule has 2 heterocycles. The quantitative estimate of drug-likeness (QED) is 0.692. The van der Waals surface area contributed by atoms with E-state index in [9.17, 15) is 8.78 Å². The van der Waals surface area contributed by atoms with Crippen LogP contribution < -0.4 is 4.74 Å². The molecule has 126 valence electrons. The second kappa shape index (κ2) is 6.02. The Hall–Kier alpha value is -2.21. The fourth-order valence-electron chi connectivity index (χ4n) is 2.42. The maximum absolute atomic E-state index is 13.8. The third-order valence-corrected chi connectivity index (χ3v) is 3.95. The third-order valence-electron chi connectivity index (χ3n) is 3.66. The number of hydrogen-bond donors (Lipinski definition) is 1. The Balaban J connectivity index is 1.92. The number of aromatic nitrogens is 3. The molecule has 4 nitrogen and oxygen atoms in total. The molecule has 1 N–H and O–H groups in total. The van der Waals surface area contributed by atoms with Crippen molar-refractivity contribution in [3.05, 3.63) is 52.3 Å². The first kappa shape index (κ1) is 16.6. The van der Waals surface area contributed by atoms with Crippen LogP contribution in [0.4, 0.5) is 8.78 Å². The molecule has 7 heteroatoms. The summed E-state index contributed by atoms with van der Waals surface area (Å²) < 4.78 is 32.7. The Morgan fingerprint density at radius 2 is 1.96 bits per heavy atom. The highest BCUT2D eigenvalue weighted by Gasteiger charge is 2.22. The molecule has 0 unspecified atom stereocenters. The molecular weight excluding hydrogens is 336 g/mol. The van der Waals surface area contributed by atoms with Gasteiger partial charge in [0.15, 0.2) is 5.65 Å². The number of hydrogen-bond acceptors (Lipinski definition) is 3. The van der Waals surface area contributed by atoms with Gasteiger partial charge in [0, 0.05) is 17.0 Å². The first-order valence-corrected chi connectivity index (χ1v) is 7.75. The van der Waals surface area contributed by atoms with E-state index in [4.69, 9.17) is 16.3 Å². The van der Waals surface area contributed by atoms with Crippen molar-refractivity contribution in [3.63, 3.8) is 0 Å². The van der Waals surface area contributed by atoms with E-state index < -0.39 is 11.8 Å². The van der Waals surface area contributed by atoms with Gasteiger partial charge in [-0.2, -0.15) is 9.49 Å². The van der Waals surface area contributed by atoms with Gasteiger partial charge < -0.3 is 4.74 Å². The monoisotopic (exact) mass is 351 g/mol. The van der Waals surface area contributed by atoms with E-state index in [-0.39, 0.29) is 17.0 Å². The van der Waals surface area contributed by atoms with Gasteiger partial charge in [-0.15, -0.1) is 0 Å². The Bertz CT molecular complexity index is 903. The lowest BCUT2D eigenvalue weighted by molar-refractivity contribution is 0.292. The second-order valence-corrected chi connectivity index (χ2v) is 6.91. The molecule has 3 aromatic rings. The largest absolute Gasteiger partial charge is 0.487 e. The third kappa shape index (κ3) is 3.19. The van der Waals surface area contributed by atoms with E-state index in [2.05, 4.69) is 15.2 Å². The van der Waals surface area contributed by atoms with Crippen LogP contribution in [0.5, 0.6) is 5.75 Å². The molecule has 3 rings (SSSR count). The molecule has 0 amide bonds. The topological polar surface area (TPSA) is 50.8 Å². The summed E-state index contributed by atoms with van der Waals surface area (Å²) in [6.07, 6.45) is 0. The number of nitrogens with zero attached hydrogens (tertiary/aromatic N) is 2. The smallest absolute Gasteiger partial charge is 0.214 e. The van der Waals surface area contributed by atoms with Crippen LogP contribution in [0.25, 0.3) is 11.0 Å². The second-order valence-electron chi connectivity index (χ2n) is 6.50. The molecule has 0 saturated heterocycles. The highest BCUT2D eigenvalue weighted by molar-refractivity contribution is 6.30. The van der Waals surface area contributed by atoms with E-state index in [1.807, 2.05) is 20.8 Å². The molecule has 2 aromatic heterocycles. The van der Waals surface area contributed by atoms with Crippen LogP contribution in [-0.2, 0) is 12.0 Å². The number of ether oxygens (including phenoxy) is 1. The van der Waals surface area contributed by atoms with Crippen molar-refractivity contribution >= 4 is 22.6 Å². The number of H-pyrrole nitrogens is 1. The zero-order valence-electron chi connectivity index (χ0n) is 13.5. The lowest BCUT2D eigenvalue weighted by Crippen LogP contribution is -2.14. The van der Waals surface area contributed by atoms with E-state index >= 15 is 0 Å².